The Morgan fingerprint density at radius 3 is 3.07 bits per heavy atom. The molecule has 0 fully saturated rings. The van der Waals surface area contributed by atoms with Crippen LogP contribution in [0.25, 0.3) is 0 Å². The summed E-state index contributed by atoms with van der Waals surface area (Å²) in [6.07, 6.45) is 1.72. The lowest BCUT2D eigenvalue weighted by atomic mass is 10.1. The Balaban J connectivity index is 2.36. The number of carboxylic acid groups (broad SMARTS) is 1. The predicted molar refractivity (Wildman–Crippen MR) is 55.6 cm³/mol. The zero-order valence-corrected chi connectivity index (χ0v) is 9.32. The molecule has 1 aliphatic rings. The van der Waals surface area contributed by atoms with Crippen LogP contribution in [0.5, 0.6) is 0 Å². The van der Waals surface area contributed by atoms with Crippen molar-refractivity contribution in [3.63, 3.8) is 0 Å². The number of hydrogen-bond acceptors (Lipinski definition) is 2. The van der Waals surface area contributed by atoms with Crippen molar-refractivity contribution < 1.29 is 14.7 Å². The van der Waals surface area contributed by atoms with Crippen LogP contribution in [0, 0.1) is 5.92 Å². The second kappa shape index (κ2) is 3.69. The summed E-state index contributed by atoms with van der Waals surface area (Å²) >= 11 is 3.25. The highest BCUT2D eigenvalue weighted by Gasteiger charge is 2.25. The quantitative estimate of drug-likeness (QED) is 0.791. The number of nitrogens with one attached hydrogen (secondary N) is 1. The van der Waals surface area contributed by atoms with E-state index in [1.54, 1.807) is 16.8 Å². The van der Waals surface area contributed by atoms with Gasteiger partial charge in [0.05, 0.1) is 5.92 Å². The van der Waals surface area contributed by atoms with Gasteiger partial charge in [0.1, 0.15) is 5.69 Å². The minimum Gasteiger partial charge on any atom is -0.481 e. The van der Waals surface area contributed by atoms with Crippen LogP contribution in [-0.4, -0.2) is 28.1 Å². The summed E-state index contributed by atoms with van der Waals surface area (Å²) in [5.74, 6) is -1.70. The number of carbonyl (C=O) groups excluding carboxylic acids is 1. The number of aliphatic carboxylic acids is 1. The van der Waals surface area contributed by atoms with Crippen LogP contribution in [0.4, 0.5) is 0 Å². The number of carboxylic acids is 1. The second-order valence-electron chi connectivity index (χ2n) is 3.44. The number of carbonyl (C=O) groups is 2. The van der Waals surface area contributed by atoms with Gasteiger partial charge in [0, 0.05) is 23.8 Å². The molecule has 1 aromatic rings. The maximum atomic E-state index is 11.5. The Kier molecular flexibility index (Phi) is 2.52. The molecule has 1 aliphatic heterocycles. The fourth-order valence-corrected chi connectivity index (χ4v) is 2.05. The van der Waals surface area contributed by atoms with E-state index in [0.717, 1.165) is 4.47 Å². The fraction of sp³-hybridized carbons (Fsp3) is 0.333. The van der Waals surface area contributed by atoms with Crippen LogP contribution in [0.1, 0.15) is 10.5 Å². The van der Waals surface area contributed by atoms with E-state index in [-0.39, 0.29) is 12.5 Å². The minimum atomic E-state index is -0.895. The molecule has 6 heteroatoms. The van der Waals surface area contributed by atoms with Crippen molar-refractivity contribution in [2.45, 2.75) is 6.54 Å². The van der Waals surface area contributed by atoms with Gasteiger partial charge in [-0.15, -0.1) is 0 Å². The average Bonchev–Trinajstić information content (AvgIpc) is 2.46. The monoisotopic (exact) mass is 272 g/mol. The third kappa shape index (κ3) is 1.90. The van der Waals surface area contributed by atoms with Crippen molar-refractivity contribution >= 4 is 27.8 Å². The summed E-state index contributed by atoms with van der Waals surface area (Å²) in [6, 6.07) is 1.68. The molecule has 2 heterocycles. The van der Waals surface area contributed by atoms with Crippen molar-refractivity contribution in [3.8, 4) is 0 Å². The summed E-state index contributed by atoms with van der Waals surface area (Å²) in [5.41, 5.74) is 0.491. The van der Waals surface area contributed by atoms with Gasteiger partial charge in [0.2, 0.25) is 0 Å². The molecular formula is C9H9BrN2O3. The molecule has 15 heavy (non-hydrogen) atoms. The normalized spacial score (nSPS) is 20.3. The molecule has 1 amide bonds. The van der Waals surface area contributed by atoms with Gasteiger partial charge in [-0.05, 0) is 22.0 Å². The molecule has 1 aromatic heterocycles. The Morgan fingerprint density at radius 2 is 2.40 bits per heavy atom. The first-order chi connectivity index (χ1) is 7.08. The maximum absolute atomic E-state index is 11.5. The van der Waals surface area contributed by atoms with E-state index in [0.29, 0.717) is 12.2 Å². The van der Waals surface area contributed by atoms with Gasteiger partial charge in [-0.3, -0.25) is 9.59 Å². The molecule has 5 nitrogen and oxygen atoms in total. The lowest BCUT2D eigenvalue weighted by Gasteiger charge is -2.09. The molecule has 2 N–H and O–H groups in total. The van der Waals surface area contributed by atoms with Gasteiger partial charge in [-0.1, -0.05) is 0 Å². The van der Waals surface area contributed by atoms with E-state index in [9.17, 15) is 9.59 Å². The highest BCUT2D eigenvalue weighted by molar-refractivity contribution is 9.10. The minimum absolute atomic E-state index is 0.174. The molecular weight excluding hydrogens is 264 g/mol. The standard InChI is InChI=1S/C9H9BrN2O3/c10-6-1-7-8(13)11-2-5(9(14)15)3-12(7)4-6/h1,4-5H,2-3H2,(H,11,13)(H,14,15). The van der Waals surface area contributed by atoms with Crippen molar-refractivity contribution in [1.82, 2.24) is 9.88 Å². The van der Waals surface area contributed by atoms with Crippen molar-refractivity contribution in [1.29, 1.82) is 0 Å². The summed E-state index contributed by atoms with van der Waals surface area (Å²) in [4.78, 5) is 22.4. The van der Waals surface area contributed by atoms with Crippen LogP contribution in [0.15, 0.2) is 16.7 Å². The molecule has 0 aliphatic carbocycles. The SMILES string of the molecule is O=C1NCC(C(=O)O)Cn2cc(Br)cc21. The highest BCUT2D eigenvalue weighted by atomic mass is 79.9. The number of amides is 1. The van der Waals surface area contributed by atoms with E-state index < -0.39 is 11.9 Å². The number of hydrogen-bond donors (Lipinski definition) is 2. The molecule has 0 bridgehead atoms. The van der Waals surface area contributed by atoms with Crippen LogP contribution >= 0.6 is 15.9 Å². The van der Waals surface area contributed by atoms with Gasteiger partial charge >= 0.3 is 5.97 Å². The number of fused-ring (bicyclic) bond motifs is 1. The Bertz CT molecular complexity index is 427. The lowest BCUT2D eigenvalue weighted by Crippen LogP contribution is -2.30. The zero-order chi connectivity index (χ0) is 11.0. The third-order valence-electron chi connectivity index (χ3n) is 2.37. The van der Waals surface area contributed by atoms with E-state index in [4.69, 9.17) is 5.11 Å². The highest BCUT2D eigenvalue weighted by Crippen LogP contribution is 2.18. The van der Waals surface area contributed by atoms with E-state index in [2.05, 4.69) is 21.2 Å². The van der Waals surface area contributed by atoms with Gasteiger partial charge in [0.25, 0.3) is 5.91 Å². The first-order valence-corrected chi connectivity index (χ1v) is 5.24. The van der Waals surface area contributed by atoms with E-state index in [1.807, 2.05) is 0 Å². The lowest BCUT2D eigenvalue weighted by molar-refractivity contribution is -0.141. The van der Waals surface area contributed by atoms with Crippen LogP contribution < -0.4 is 5.32 Å². The van der Waals surface area contributed by atoms with Gasteiger partial charge in [-0.25, -0.2) is 0 Å². The second-order valence-corrected chi connectivity index (χ2v) is 4.36. The Morgan fingerprint density at radius 1 is 1.67 bits per heavy atom. The van der Waals surface area contributed by atoms with E-state index >= 15 is 0 Å². The summed E-state index contributed by atoms with van der Waals surface area (Å²) < 4.78 is 2.43. The number of rotatable bonds is 1. The Labute approximate surface area is 94.2 Å². The summed E-state index contributed by atoms with van der Waals surface area (Å²) in [6.45, 7) is 0.489. The van der Waals surface area contributed by atoms with Crippen molar-refractivity contribution in [2.24, 2.45) is 5.92 Å². The first-order valence-electron chi connectivity index (χ1n) is 4.44. The first kappa shape index (κ1) is 10.2. The number of nitrogens with zero attached hydrogens (tertiary/aromatic N) is 1. The van der Waals surface area contributed by atoms with Crippen LogP contribution in [-0.2, 0) is 11.3 Å². The van der Waals surface area contributed by atoms with Gasteiger partial charge in [-0.2, -0.15) is 0 Å². The molecule has 0 saturated carbocycles. The van der Waals surface area contributed by atoms with Gasteiger partial charge < -0.3 is 15.0 Å². The van der Waals surface area contributed by atoms with E-state index in [1.165, 1.54) is 0 Å². The number of aromatic nitrogens is 1. The fourth-order valence-electron chi connectivity index (χ4n) is 1.59. The van der Waals surface area contributed by atoms with Crippen molar-refractivity contribution in [3.05, 3.63) is 22.4 Å². The molecule has 0 spiro atoms. The summed E-state index contributed by atoms with van der Waals surface area (Å²) in [7, 11) is 0. The zero-order valence-electron chi connectivity index (χ0n) is 7.74. The molecule has 0 saturated heterocycles. The number of halogens is 1. The summed E-state index contributed by atoms with van der Waals surface area (Å²) in [5, 5.41) is 11.5. The van der Waals surface area contributed by atoms with Gasteiger partial charge in [0.15, 0.2) is 0 Å². The molecule has 2 rings (SSSR count). The average molecular weight is 273 g/mol. The van der Waals surface area contributed by atoms with Crippen LogP contribution in [0.3, 0.4) is 0 Å². The smallest absolute Gasteiger partial charge is 0.310 e. The largest absolute Gasteiger partial charge is 0.481 e. The van der Waals surface area contributed by atoms with Crippen LogP contribution in [0.2, 0.25) is 0 Å². The molecule has 0 aromatic carbocycles. The molecule has 1 unspecified atom stereocenters. The Hall–Kier alpha value is -1.30. The topological polar surface area (TPSA) is 71.3 Å². The maximum Gasteiger partial charge on any atom is 0.310 e. The molecule has 1 atom stereocenters. The third-order valence-corrected chi connectivity index (χ3v) is 2.80. The molecule has 0 radical (unpaired) electrons. The predicted octanol–water partition coefficient (Wildman–Crippen LogP) is 0.695. The molecule has 80 valence electrons. The van der Waals surface area contributed by atoms with Crippen molar-refractivity contribution in [2.75, 3.05) is 6.54 Å².